The molecule has 1 heterocycles. The van der Waals surface area contributed by atoms with Crippen LogP contribution in [0.2, 0.25) is 0 Å². The lowest BCUT2D eigenvalue weighted by molar-refractivity contribution is -0.147. The second-order valence-electron chi connectivity index (χ2n) is 6.11. The van der Waals surface area contributed by atoms with Crippen molar-refractivity contribution in [3.8, 4) is 0 Å². The van der Waals surface area contributed by atoms with Gasteiger partial charge in [0.1, 0.15) is 5.82 Å². The Kier molecular flexibility index (Phi) is 7.62. The zero-order valence-electron chi connectivity index (χ0n) is 14.5. The van der Waals surface area contributed by atoms with Crippen LogP contribution in [0.5, 0.6) is 0 Å². The number of carbonyl (C=O) groups excluding carboxylic acids is 1. The first-order valence-electron chi connectivity index (χ1n) is 8.43. The summed E-state index contributed by atoms with van der Waals surface area (Å²) in [5, 5.41) is 3.32. The van der Waals surface area contributed by atoms with Crippen molar-refractivity contribution in [2.75, 3.05) is 46.9 Å². The van der Waals surface area contributed by atoms with Gasteiger partial charge < -0.3 is 19.7 Å². The number of piperazine rings is 1. The molecule has 6 heteroatoms. The number of hydrogen-bond acceptors (Lipinski definition) is 5. The zero-order valence-corrected chi connectivity index (χ0v) is 14.5. The van der Waals surface area contributed by atoms with Gasteiger partial charge in [0.25, 0.3) is 0 Å². The number of ether oxygens (including phenoxy) is 2. The van der Waals surface area contributed by atoms with Crippen LogP contribution in [0.3, 0.4) is 0 Å². The topological polar surface area (TPSA) is 50.8 Å². The van der Waals surface area contributed by atoms with Crippen LogP contribution in [0.25, 0.3) is 0 Å². The maximum Gasteiger partial charge on any atom is 0.308 e. The number of nitrogens with one attached hydrogen (secondary N) is 1. The van der Waals surface area contributed by atoms with Crippen molar-refractivity contribution in [1.29, 1.82) is 0 Å². The van der Waals surface area contributed by atoms with Crippen molar-refractivity contribution in [2.24, 2.45) is 5.92 Å². The van der Waals surface area contributed by atoms with Crippen molar-refractivity contribution in [2.45, 2.75) is 18.9 Å². The van der Waals surface area contributed by atoms with Gasteiger partial charge in [-0.2, -0.15) is 0 Å². The molecule has 134 valence electrons. The van der Waals surface area contributed by atoms with Gasteiger partial charge in [-0.25, -0.2) is 4.39 Å². The summed E-state index contributed by atoms with van der Waals surface area (Å²) in [4.78, 5) is 14.5. The molecule has 2 unspecified atom stereocenters. The van der Waals surface area contributed by atoms with E-state index in [-0.39, 0.29) is 23.8 Å². The third kappa shape index (κ3) is 5.54. The first-order chi connectivity index (χ1) is 11.6. The van der Waals surface area contributed by atoms with Crippen LogP contribution in [0.1, 0.15) is 24.5 Å². The summed E-state index contributed by atoms with van der Waals surface area (Å²) >= 11 is 0. The predicted molar refractivity (Wildman–Crippen MR) is 90.2 cm³/mol. The highest BCUT2D eigenvalue weighted by atomic mass is 19.1. The molecule has 5 nitrogen and oxygen atoms in total. The maximum absolute atomic E-state index is 13.1. The molecule has 1 fully saturated rings. The van der Waals surface area contributed by atoms with E-state index in [1.54, 1.807) is 19.2 Å². The Hall–Kier alpha value is -1.50. The monoisotopic (exact) mass is 338 g/mol. The summed E-state index contributed by atoms with van der Waals surface area (Å²) in [6, 6.07) is 6.23. The van der Waals surface area contributed by atoms with E-state index < -0.39 is 0 Å². The number of hydrogen-bond donors (Lipinski definition) is 1. The number of nitrogens with zero attached hydrogens (tertiary/aromatic N) is 1. The Morgan fingerprint density at radius 3 is 2.50 bits per heavy atom. The lowest BCUT2D eigenvalue weighted by Crippen LogP contribution is -2.44. The highest BCUT2D eigenvalue weighted by Gasteiger charge is 2.25. The maximum atomic E-state index is 13.1. The van der Waals surface area contributed by atoms with Gasteiger partial charge in [0.15, 0.2) is 0 Å². The van der Waals surface area contributed by atoms with E-state index in [4.69, 9.17) is 9.47 Å². The molecule has 0 radical (unpaired) electrons. The minimum Gasteiger partial charge on any atom is -0.469 e. The van der Waals surface area contributed by atoms with Crippen LogP contribution in [-0.4, -0.2) is 57.8 Å². The van der Waals surface area contributed by atoms with E-state index in [0.717, 1.165) is 44.7 Å². The second-order valence-corrected chi connectivity index (χ2v) is 6.11. The Balaban J connectivity index is 1.97. The average molecular weight is 338 g/mol. The van der Waals surface area contributed by atoms with E-state index in [2.05, 4.69) is 10.2 Å². The van der Waals surface area contributed by atoms with E-state index >= 15 is 0 Å². The number of methoxy groups -OCH3 is 2. The largest absolute Gasteiger partial charge is 0.469 e. The molecular formula is C18H27FN2O3. The Morgan fingerprint density at radius 1 is 1.25 bits per heavy atom. The zero-order chi connectivity index (χ0) is 17.4. The molecule has 24 heavy (non-hydrogen) atoms. The second kappa shape index (κ2) is 9.71. The molecule has 1 aliphatic heterocycles. The average Bonchev–Trinajstić information content (AvgIpc) is 2.63. The third-order valence-corrected chi connectivity index (χ3v) is 4.56. The molecule has 1 aliphatic rings. The summed E-state index contributed by atoms with van der Waals surface area (Å²) < 4.78 is 23.6. The Bertz CT molecular complexity index is 503. The minimum atomic E-state index is -0.281. The summed E-state index contributed by atoms with van der Waals surface area (Å²) in [7, 11) is 3.03. The number of rotatable bonds is 8. The van der Waals surface area contributed by atoms with E-state index in [1.165, 1.54) is 19.2 Å². The van der Waals surface area contributed by atoms with Crippen molar-refractivity contribution in [3.63, 3.8) is 0 Å². The van der Waals surface area contributed by atoms with Crippen LogP contribution in [0.4, 0.5) is 4.39 Å². The normalized spacial score (nSPS) is 18.1. The van der Waals surface area contributed by atoms with Crippen LogP contribution in [0, 0.1) is 11.7 Å². The molecular weight excluding hydrogens is 311 g/mol. The van der Waals surface area contributed by atoms with Gasteiger partial charge in [-0.05, 0) is 37.1 Å². The molecule has 2 rings (SSSR count). The summed E-state index contributed by atoms with van der Waals surface area (Å²) in [5.74, 6) is -0.731. The van der Waals surface area contributed by atoms with Gasteiger partial charge in [0.05, 0.1) is 19.1 Å². The molecule has 2 atom stereocenters. The van der Waals surface area contributed by atoms with Crippen LogP contribution < -0.4 is 5.32 Å². The van der Waals surface area contributed by atoms with E-state index in [9.17, 15) is 9.18 Å². The first-order valence-corrected chi connectivity index (χ1v) is 8.43. The lowest BCUT2D eigenvalue weighted by atomic mass is 9.93. The van der Waals surface area contributed by atoms with E-state index in [0.29, 0.717) is 6.42 Å². The van der Waals surface area contributed by atoms with Crippen molar-refractivity contribution in [1.82, 2.24) is 10.2 Å². The van der Waals surface area contributed by atoms with Gasteiger partial charge in [-0.1, -0.05) is 12.1 Å². The van der Waals surface area contributed by atoms with Gasteiger partial charge in [0.2, 0.25) is 0 Å². The fourth-order valence-corrected chi connectivity index (χ4v) is 3.08. The van der Waals surface area contributed by atoms with Crippen molar-refractivity contribution < 1.29 is 18.7 Å². The van der Waals surface area contributed by atoms with E-state index in [1.807, 2.05) is 0 Å². The Labute approximate surface area is 143 Å². The molecule has 1 aromatic rings. The van der Waals surface area contributed by atoms with Gasteiger partial charge in [0, 0.05) is 33.3 Å². The van der Waals surface area contributed by atoms with Crippen LogP contribution >= 0.6 is 0 Å². The fraction of sp³-hybridized carbons (Fsp3) is 0.611. The highest BCUT2D eigenvalue weighted by Crippen LogP contribution is 2.27. The minimum absolute atomic E-state index is 0.214. The summed E-state index contributed by atoms with van der Waals surface area (Å²) in [6.07, 6.45) is 1.01. The fourth-order valence-electron chi connectivity index (χ4n) is 3.08. The third-order valence-electron chi connectivity index (χ3n) is 4.56. The number of carbonyl (C=O) groups is 1. The van der Waals surface area contributed by atoms with Gasteiger partial charge in [-0.15, -0.1) is 0 Å². The van der Waals surface area contributed by atoms with Gasteiger partial charge in [-0.3, -0.25) is 4.79 Å². The van der Waals surface area contributed by atoms with Crippen LogP contribution in [0.15, 0.2) is 24.3 Å². The quantitative estimate of drug-likeness (QED) is 0.735. The standard InChI is InChI=1S/C18H27FN2O3/c1-23-17(14-3-5-16(19)6-4-14)13-15(18(22)24-2)7-10-21-11-8-20-9-12-21/h3-6,15,17,20H,7-13H2,1-2H3. The van der Waals surface area contributed by atoms with Gasteiger partial charge >= 0.3 is 5.97 Å². The molecule has 0 spiro atoms. The first kappa shape index (κ1) is 18.8. The molecule has 1 aromatic carbocycles. The lowest BCUT2D eigenvalue weighted by Gasteiger charge is -2.29. The summed E-state index contributed by atoms with van der Waals surface area (Å²) in [5.41, 5.74) is 0.870. The number of esters is 1. The van der Waals surface area contributed by atoms with Crippen LogP contribution in [-0.2, 0) is 14.3 Å². The molecule has 0 aliphatic carbocycles. The Morgan fingerprint density at radius 2 is 1.92 bits per heavy atom. The molecule has 1 saturated heterocycles. The van der Waals surface area contributed by atoms with Crippen molar-refractivity contribution >= 4 is 5.97 Å². The molecule has 0 bridgehead atoms. The predicted octanol–water partition coefficient (Wildman–Crippen LogP) is 1.99. The molecule has 1 N–H and O–H groups in total. The smallest absolute Gasteiger partial charge is 0.308 e. The molecule has 0 aromatic heterocycles. The summed E-state index contributed by atoms with van der Waals surface area (Å²) in [6.45, 7) is 4.83. The SMILES string of the molecule is COC(=O)C(CCN1CCNCC1)CC(OC)c1ccc(F)cc1. The molecule has 0 saturated carbocycles. The van der Waals surface area contributed by atoms with Crippen molar-refractivity contribution in [3.05, 3.63) is 35.6 Å². The highest BCUT2D eigenvalue weighted by molar-refractivity contribution is 5.72. The molecule has 0 amide bonds. The number of halogens is 1. The number of benzene rings is 1.